The minimum absolute atomic E-state index is 0. The predicted octanol–water partition coefficient (Wildman–Crippen LogP) is 1.81. The van der Waals surface area contributed by atoms with Crippen LogP contribution in [0.1, 0.15) is 45.5 Å². The van der Waals surface area contributed by atoms with Crippen molar-refractivity contribution in [1.29, 1.82) is 0 Å². The van der Waals surface area contributed by atoms with E-state index in [0.29, 0.717) is 11.7 Å². The van der Waals surface area contributed by atoms with Gasteiger partial charge in [0.25, 0.3) is 0 Å². The fourth-order valence-electron chi connectivity index (χ4n) is 0.724. The van der Waals surface area contributed by atoms with Crippen LogP contribution < -0.4 is 5.73 Å². The fourth-order valence-corrected chi connectivity index (χ4v) is 0.724. The Kier molecular flexibility index (Phi) is 3.88. The lowest BCUT2D eigenvalue weighted by atomic mass is 9.97. The molecule has 0 radical (unpaired) electrons. The molecule has 1 unspecified atom stereocenters. The molecule has 1 heterocycles. The highest BCUT2D eigenvalue weighted by molar-refractivity contribution is 5.85. The Labute approximate surface area is 84.3 Å². The molecule has 4 nitrogen and oxygen atoms in total. The van der Waals surface area contributed by atoms with Gasteiger partial charge in [-0.2, -0.15) is 4.98 Å². The third kappa shape index (κ3) is 2.97. The Morgan fingerprint density at radius 3 is 2.15 bits per heavy atom. The third-order valence-electron chi connectivity index (χ3n) is 1.49. The number of rotatable bonds is 1. The van der Waals surface area contributed by atoms with Crippen LogP contribution in [0.15, 0.2) is 4.52 Å². The van der Waals surface area contributed by atoms with Crippen LogP contribution in [0.2, 0.25) is 0 Å². The molecule has 0 aromatic carbocycles. The van der Waals surface area contributed by atoms with Crippen molar-refractivity contribution in [2.45, 2.75) is 39.2 Å². The molecule has 0 fully saturated rings. The number of hydrogen-bond acceptors (Lipinski definition) is 4. The molecule has 0 bridgehead atoms. The zero-order valence-corrected chi connectivity index (χ0v) is 9.18. The van der Waals surface area contributed by atoms with E-state index in [-0.39, 0.29) is 23.9 Å². The second-order valence-corrected chi connectivity index (χ2v) is 4.00. The molecule has 13 heavy (non-hydrogen) atoms. The molecular weight excluding hydrogens is 190 g/mol. The highest BCUT2D eigenvalue weighted by Gasteiger charge is 2.22. The van der Waals surface area contributed by atoms with Crippen LogP contribution >= 0.6 is 12.4 Å². The molecule has 76 valence electrons. The highest BCUT2D eigenvalue weighted by atomic mass is 35.5. The van der Waals surface area contributed by atoms with Crippen LogP contribution in [-0.2, 0) is 5.41 Å². The van der Waals surface area contributed by atoms with Gasteiger partial charge in [0.15, 0.2) is 5.82 Å². The zero-order valence-electron chi connectivity index (χ0n) is 8.37. The summed E-state index contributed by atoms with van der Waals surface area (Å²) in [7, 11) is 0. The molecule has 2 N–H and O–H groups in total. The van der Waals surface area contributed by atoms with Crippen molar-refractivity contribution in [3.63, 3.8) is 0 Å². The summed E-state index contributed by atoms with van der Waals surface area (Å²) >= 11 is 0. The van der Waals surface area contributed by atoms with Crippen molar-refractivity contribution in [2.75, 3.05) is 0 Å². The molecular formula is C8H16ClN3O. The van der Waals surface area contributed by atoms with Crippen LogP contribution in [0.4, 0.5) is 0 Å². The van der Waals surface area contributed by atoms with E-state index in [4.69, 9.17) is 10.3 Å². The Morgan fingerprint density at radius 2 is 1.92 bits per heavy atom. The summed E-state index contributed by atoms with van der Waals surface area (Å²) in [6.07, 6.45) is 0. The lowest BCUT2D eigenvalue weighted by Crippen LogP contribution is -2.12. The topological polar surface area (TPSA) is 64.9 Å². The summed E-state index contributed by atoms with van der Waals surface area (Å²) in [4.78, 5) is 4.18. The molecule has 0 saturated carbocycles. The molecule has 0 aliphatic rings. The van der Waals surface area contributed by atoms with Crippen LogP contribution in [-0.4, -0.2) is 10.1 Å². The molecule has 1 aromatic heterocycles. The van der Waals surface area contributed by atoms with E-state index in [1.165, 1.54) is 0 Å². The zero-order chi connectivity index (χ0) is 9.35. The summed E-state index contributed by atoms with van der Waals surface area (Å²) in [5.41, 5.74) is 5.49. The van der Waals surface area contributed by atoms with Crippen molar-refractivity contribution >= 4 is 12.4 Å². The first-order chi connectivity index (χ1) is 5.41. The first-order valence-electron chi connectivity index (χ1n) is 4.01. The summed E-state index contributed by atoms with van der Waals surface area (Å²) in [6, 6.07) is -0.162. The van der Waals surface area contributed by atoms with Crippen molar-refractivity contribution < 1.29 is 4.52 Å². The number of halogens is 1. The summed E-state index contributed by atoms with van der Waals surface area (Å²) in [6.45, 7) is 7.89. The molecule has 0 aliphatic heterocycles. The van der Waals surface area contributed by atoms with Gasteiger partial charge in [-0.25, -0.2) is 0 Å². The van der Waals surface area contributed by atoms with Crippen molar-refractivity contribution in [3.8, 4) is 0 Å². The Balaban J connectivity index is 0.00000144. The quantitative estimate of drug-likeness (QED) is 0.760. The summed E-state index contributed by atoms with van der Waals surface area (Å²) in [5, 5.41) is 3.77. The van der Waals surface area contributed by atoms with Gasteiger partial charge in [-0.1, -0.05) is 25.9 Å². The molecule has 0 amide bonds. The van der Waals surface area contributed by atoms with E-state index in [1.54, 1.807) is 0 Å². The van der Waals surface area contributed by atoms with Gasteiger partial charge in [0.1, 0.15) is 0 Å². The summed E-state index contributed by atoms with van der Waals surface area (Å²) < 4.78 is 5.05. The monoisotopic (exact) mass is 205 g/mol. The maximum atomic E-state index is 5.59. The standard InChI is InChI=1S/C8H15N3O.ClH/c1-5(9)6-10-7(12-11-6)8(2,3)4;/h5H,9H2,1-4H3;1H. The second kappa shape index (κ2) is 4.07. The number of nitrogens with zero attached hydrogens (tertiary/aromatic N) is 2. The average molecular weight is 206 g/mol. The molecule has 5 heteroatoms. The van der Waals surface area contributed by atoms with Gasteiger partial charge in [-0.3, -0.25) is 0 Å². The average Bonchev–Trinajstić information content (AvgIpc) is 2.30. The first kappa shape index (κ1) is 12.4. The van der Waals surface area contributed by atoms with Gasteiger partial charge in [0, 0.05) is 5.41 Å². The lowest BCUT2D eigenvalue weighted by Gasteiger charge is -2.10. The van der Waals surface area contributed by atoms with Gasteiger partial charge < -0.3 is 10.3 Å². The van der Waals surface area contributed by atoms with Crippen molar-refractivity contribution in [3.05, 3.63) is 11.7 Å². The molecule has 0 spiro atoms. The smallest absolute Gasteiger partial charge is 0.232 e. The van der Waals surface area contributed by atoms with E-state index < -0.39 is 0 Å². The molecule has 1 aromatic rings. The minimum Gasteiger partial charge on any atom is -0.339 e. The number of hydrogen-bond donors (Lipinski definition) is 1. The minimum atomic E-state index is -0.162. The maximum Gasteiger partial charge on any atom is 0.232 e. The Hall–Kier alpha value is -0.610. The van der Waals surface area contributed by atoms with Crippen molar-refractivity contribution in [2.24, 2.45) is 5.73 Å². The first-order valence-corrected chi connectivity index (χ1v) is 4.01. The Morgan fingerprint density at radius 1 is 1.38 bits per heavy atom. The second-order valence-electron chi connectivity index (χ2n) is 4.00. The largest absolute Gasteiger partial charge is 0.339 e. The maximum absolute atomic E-state index is 5.59. The van der Waals surface area contributed by atoms with E-state index in [2.05, 4.69) is 10.1 Å². The number of aromatic nitrogens is 2. The van der Waals surface area contributed by atoms with E-state index in [1.807, 2.05) is 27.7 Å². The normalized spacial score (nSPS) is 13.6. The number of nitrogens with two attached hydrogens (primary N) is 1. The highest BCUT2D eigenvalue weighted by Crippen LogP contribution is 2.20. The van der Waals surface area contributed by atoms with Crippen LogP contribution in [0, 0.1) is 0 Å². The third-order valence-corrected chi connectivity index (χ3v) is 1.49. The van der Waals surface area contributed by atoms with Crippen molar-refractivity contribution in [1.82, 2.24) is 10.1 Å². The molecule has 1 atom stereocenters. The molecule has 1 rings (SSSR count). The van der Waals surface area contributed by atoms with Gasteiger partial charge in [0.05, 0.1) is 6.04 Å². The predicted molar refractivity (Wildman–Crippen MR) is 52.8 cm³/mol. The molecule has 0 saturated heterocycles. The van der Waals surface area contributed by atoms with Gasteiger partial charge >= 0.3 is 0 Å². The van der Waals surface area contributed by atoms with Gasteiger partial charge in [-0.05, 0) is 6.92 Å². The van der Waals surface area contributed by atoms with Crippen LogP contribution in [0.3, 0.4) is 0 Å². The Bertz CT molecular complexity index is 265. The SMILES string of the molecule is CC(N)c1noc(C(C)(C)C)n1.Cl. The fraction of sp³-hybridized carbons (Fsp3) is 0.750. The van der Waals surface area contributed by atoms with E-state index >= 15 is 0 Å². The molecule has 0 aliphatic carbocycles. The van der Waals surface area contributed by atoms with Crippen LogP contribution in [0.5, 0.6) is 0 Å². The van der Waals surface area contributed by atoms with Gasteiger partial charge in [0.2, 0.25) is 5.89 Å². The van der Waals surface area contributed by atoms with Gasteiger partial charge in [-0.15, -0.1) is 12.4 Å². The summed E-state index contributed by atoms with van der Waals surface area (Å²) in [5.74, 6) is 1.20. The van der Waals surface area contributed by atoms with E-state index in [9.17, 15) is 0 Å². The van der Waals surface area contributed by atoms with E-state index in [0.717, 1.165) is 0 Å². The van der Waals surface area contributed by atoms with Crippen LogP contribution in [0.25, 0.3) is 0 Å². The lowest BCUT2D eigenvalue weighted by molar-refractivity contribution is 0.317.